The molecule has 0 radical (unpaired) electrons. The number of anilines is 1. The Balaban J connectivity index is 1.95. The Labute approximate surface area is 102 Å². The topological polar surface area (TPSA) is 53.7 Å². The predicted octanol–water partition coefficient (Wildman–Crippen LogP) is 2.08. The Kier molecular flexibility index (Phi) is 4.09. The summed E-state index contributed by atoms with van der Waals surface area (Å²) >= 11 is 0. The van der Waals surface area contributed by atoms with E-state index in [0.717, 1.165) is 37.6 Å². The lowest BCUT2D eigenvalue weighted by atomic mass is 10.0. The van der Waals surface area contributed by atoms with Gasteiger partial charge in [0.25, 0.3) is 0 Å². The lowest BCUT2D eigenvalue weighted by molar-refractivity contribution is 0.0493. The molecule has 0 unspecified atom stereocenters. The number of hydrogen-bond donors (Lipinski definition) is 1. The van der Waals surface area contributed by atoms with Gasteiger partial charge in [0.05, 0.1) is 13.7 Å². The molecule has 0 aromatic heterocycles. The van der Waals surface area contributed by atoms with Crippen LogP contribution in [0.15, 0.2) is 18.2 Å². The normalized spacial score (nSPS) is 16.8. The third-order valence-electron chi connectivity index (χ3n) is 3.00. The van der Waals surface area contributed by atoms with Gasteiger partial charge in [-0.1, -0.05) is 0 Å². The van der Waals surface area contributed by atoms with Crippen molar-refractivity contribution < 1.29 is 14.2 Å². The summed E-state index contributed by atoms with van der Waals surface area (Å²) in [5.41, 5.74) is 6.42. The average Bonchev–Trinajstić information content (AvgIpc) is 2.38. The molecule has 0 bridgehead atoms. The van der Waals surface area contributed by atoms with E-state index in [-0.39, 0.29) is 0 Å². The van der Waals surface area contributed by atoms with Crippen molar-refractivity contribution in [1.82, 2.24) is 0 Å². The smallest absolute Gasteiger partial charge is 0.163 e. The molecule has 1 fully saturated rings. The summed E-state index contributed by atoms with van der Waals surface area (Å²) in [5, 5.41) is 0. The molecule has 4 heteroatoms. The highest BCUT2D eigenvalue weighted by Gasteiger charge is 2.15. The molecule has 1 heterocycles. The van der Waals surface area contributed by atoms with Gasteiger partial charge in [-0.25, -0.2) is 0 Å². The number of nitrogens with two attached hydrogens (primary N) is 1. The maximum Gasteiger partial charge on any atom is 0.163 e. The second kappa shape index (κ2) is 5.77. The molecular weight excluding hydrogens is 218 g/mol. The Morgan fingerprint density at radius 2 is 2.06 bits per heavy atom. The van der Waals surface area contributed by atoms with Gasteiger partial charge in [0.2, 0.25) is 0 Å². The first-order valence-corrected chi connectivity index (χ1v) is 5.93. The second-order valence-electron chi connectivity index (χ2n) is 4.28. The zero-order chi connectivity index (χ0) is 12.1. The average molecular weight is 237 g/mol. The summed E-state index contributed by atoms with van der Waals surface area (Å²) in [6, 6.07) is 5.44. The van der Waals surface area contributed by atoms with E-state index in [9.17, 15) is 0 Å². The highest BCUT2D eigenvalue weighted by atomic mass is 16.5. The molecule has 4 nitrogen and oxygen atoms in total. The van der Waals surface area contributed by atoms with Crippen LogP contribution in [0.4, 0.5) is 5.69 Å². The monoisotopic (exact) mass is 237 g/mol. The van der Waals surface area contributed by atoms with E-state index in [1.165, 1.54) is 0 Å². The van der Waals surface area contributed by atoms with E-state index < -0.39 is 0 Å². The summed E-state index contributed by atoms with van der Waals surface area (Å²) in [5.74, 6) is 2.01. The molecule has 0 saturated carbocycles. The van der Waals surface area contributed by atoms with Crippen LogP contribution in [0, 0.1) is 5.92 Å². The fourth-order valence-electron chi connectivity index (χ4n) is 1.93. The molecule has 1 aliphatic rings. The van der Waals surface area contributed by atoms with Gasteiger partial charge in [0, 0.05) is 25.0 Å². The Morgan fingerprint density at radius 3 is 2.76 bits per heavy atom. The molecule has 2 rings (SSSR count). The molecule has 0 amide bonds. The van der Waals surface area contributed by atoms with Crippen LogP contribution in [0.2, 0.25) is 0 Å². The van der Waals surface area contributed by atoms with Crippen LogP contribution in [0.25, 0.3) is 0 Å². The summed E-state index contributed by atoms with van der Waals surface area (Å²) in [4.78, 5) is 0. The van der Waals surface area contributed by atoms with Crippen LogP contribution in [0.5, 0.6) is 11.5 Å². The molecule has 2 N–H and O–H groups in total. The van der Waals surface area contributed by atoms with Gasteiger partial charge >= 0.3 is 0 Å². The van der Waals surface area contributed by atoms with Crippen molar-refractivity contribution in [2.45, 2.75) is 12.8 Å². The molecule has 1 aliphatic heterocycles. The molecule has 0 aliphatic carbocycles. The van der Waals surface area contributed by atoms with Gasteiger partial charge < -0.3 is 19.9 Å². The third-order valence-corrected chi connectivity index (χ3v) is 3.00. The summed E-state index contributed by atoms with van der Waals surface area (Å²) in [6.45, 7) is 2.37. The molecule has 1 saturated heterocycles. The standard InChI is InChI=1S/C13H19NO3/c1-15-12-3-2-11(14)8-13(12)17-9-10-4-6-16-7-5-10/h2-3,8,10H,4-7,9,14H2,1H3. The quantitative estimate of drug-likeness (QED) is 0.815. The van der Waals surface area contributed by atoms with E-state index in [1.807, 2.05) is 6.07 Å². The zero-order valence-corrected chi connectivity index (χ0v) is 10.1. The number of ether oxygens (including phenoxy) is 3. The van der Waals surface area contributed by atoms with E-state index in [2.05, 4.69) is 0 Å². The molecule has 0 spiro atoms. The maximum absolute atomic E-state index is 5.79. The van der Waals surface area contributed by atoms with Crippen molar-refractivity contribution in [2.75, 3.05) is 32.7 Å². The van der Waals surface area contributed by atoms with Crippen LogP contribution < -0.4 is 15.2 Å². The third kappa shape index (κ3) is 3.27. The van der Waals surface area contributed by atoms with Crippen molar-refractivity contribution in [3.05, 3.63) is 18.2 Å². The van der Waals surface area contributed by atoms with Gasteiger partial charge in [0.15, 0.2) is 11.5 Å². The molecular formula is C13H19NO3. The zero-order valence-electron chi connectivity index (χ0n) is 10.1. The lowest BCUT2D eigenvalue weighted by Crippen LogP contribution is -2.21. The van der Waals surface area contributed by atoms with E-state index in [4.69, 9.17) is 19.9 Å². The second-order valence-corrected chi connectivity index (χ2v) is 4.28. The van der Waals surface area contributed by atoms with Crippen molar-refractivity contribution in [3.63, 3.8) is 0 Å². The van der Waals surface area contributed by atoms with Crippen LogP contribution in [0.3, 0.4) is 0 Å². The molecule has 17 heavy (non-hydrogen) atoms. The minimum absolute atomic E-state index is 0.565. The van der Waals surface area contributed by atoms with Gasteiger partial charge in [-0.05, 0) is 30.9 Å². The van der Waals surface area contributed by atoms with Crippen LogP contribution in [0.1, 0.15) is 12.8 Å². The molecule has 1 aromatic carbocycles. The van der Waals surface area contributed by atoms with Gasteiger partial charge in [-0.15, -0.1) is 0 Å². The number of nitrogen functional groups attached to an aromatic ring is 1. The van der Waals surface area contributed by atoms with Crippen molar-refractivity contribution in [2.24, 2.45) is 5.92 Å². The SMILES string of the molecule is COc1ccc(N)cc1OCC1CCOCC1. The summed E-state index contributed by atoms with van der Waals surface area (Å²) in [6.07, 6.45) is 2.12. The van der Waals surface area contributed by atoms with Crippen LogP contribution >= 0.6 is 0 Å². The molecule has 94 valence electrons. The summed E-state index contributed by atoms with van der Waals surface area (Å²) in [7, 11) is 1.63. The van der Waals surface area contributed by atoms with Gasteiger partial charge in [-0.3, -0.25) is 0 Å². The van der Waals surface area contributed by atoms with Gasteiger partial charge in [-0.2, -0.15) is 0 Å². The van der Waals surface area contributed by atoms with E-state index in [0.29, 0.717) is 18.2 Å². The van der Waals surface area contributed by atoms with Gasteiger partial charge in [0.1, 0.15) is 0 Å². The van der Waals surface area contributed by atoms with Crippen molar-refractivity contribution in [3.8, 4) is 11.5 Å². The number of hydrogen-bond acceptors (Lipinski definition) is 4. The largest absolute Gasteiger partial charge is 0.493 e. The van der Waals surface area contributed by atoms with E-state index in [1.54, 1.807) is 19.2 Å². The number of rotatable bonds is 4. The first-order chi connectivity index (χ1) is 8.29. The highest BCUT2D eigenvalue weighted by Crippen LogP contribution is 2.30. The minimum atomic E-state index is 0.565. The lowest BCUT2D eigenvalue weighted by Gasteiger charge is -2.22. The first-order valence-electron chi connectivity index (χ1n) is 5.93. The first kappa shape index (κ1) is 12.0. The predicted molar refractivity (Wildman–Crippen MR) is 66.4 cm³/mol. The summed E-state index contributed by atoms with van der Waals surface area (Å²) < 4.78 is 16.3. The maximum atomic E-state index is 5.79. The highest BCUT2D eigenvalue weighted by molar-refractivity contribution is 5.51. The Hall–Kier alpha value is -1.42. The van der Waals surface area contributed by atoms with Crippen molar-refractivity contribution in [1.29, 1.82) is 0 Å². The Bertz CT molecular complexity index is 362. The van der Waals surface area contributed by atoms with E-state index >= 15 is 0 Å². The van der Waals surface area contributed by atoms with Crippen molar-refractivity contribution >= 4 is 5.69 Å². The number of benzene rings is 1. The van der Waals surface area contributed by atoms with Crippen LogP contribution in [-0.2, 0) is 4.74 Å². The fraction of sp³-hybridized carbons (Fsp3) is 0.538. The minimum Gasteiger partial charge on any atom is -0.493 e. The molecule has 1 aromatic rings. The Morgan fingerprint density at radius 1 is 1.29 bits per heavy atom. The van der Waals surface area contributed by atoms with Crippen LogP contribution in [-0.4, -0.2) is 26.9 Å². The number of methoxy groups -OCH3 is 1. The molecule has 0 atom stereocenters. The fourth-order valence-corrected chi connectivity index (χ4v) is 1.93.